The summed E-state index contributed by atoms with van der Waals surface area (Å²) in [5, 5.41) is 54.8. The second-order valence-corrected chi connectivity index (χ2v) is 6.15. The summed E-state index contributed by atoms with van der Waals surface area (Å²) in [4.78, 5) is 12.3. The van der Waals surface area contributed by atoms with Crippen LogP contribution in [0.5, 0.6) is 11.5 Å². The van der Waals surface area contributed by atoms with E-state index in [0.29, 0.717) is 11.3 Å². The Labute approximate surface area is 173 Å². The molecule has 0 aliphatic carbocycles. The zero-order valence-electron chi connectivity index (χ0n) is 16.5. The first kappa shape index (κ1) is 25.6. The van der Waals surface area contributed by atoms with Crippen LogP contribution in [0, 0.1) is 0 Å². The molecule has 0 aromatic heterocycles. The van der Waals surface area contributed by atoms with Crippen LogP contribution in [-0.2, 0) is 14.3 Å². The van der Waals surface area contributed by atoms with Crippen LogP contribution in [0.2, 0.25) is 0 Å². The zero-order valence-corrected chi connectivity index (χ0v) is 16.5. The first-order valence-corrected chi connectivity index (χ1v) is 9.03. The number of hydrogen-bond donors (Lipinski definition) is 6. The van der Waals surface area contributed by atoms with Crippen molar-refractivity contribution in [1.29, 1.82) is 0 Å². The van der Waals surface area contributed by atoms with Crippen molar-refractivity contribution in [3.8, 4) is 11.5 Å². The Hall–Kier alpha value is -2.41. The molecule has 0 saturated heterocycles. The van der Waals surface area contributed by atoms with Gasteiger partial charge in [0.1, 0.15) is 38.1 Å². The lowest BCUT2D eigenvalue weighted by atomic mass is 10.1. The monoisotopic (exact) mass is 432 g/mol. The molecule has 170 valence electrons. The van der Waals surface area contributed by atoms with Crippen LogP contribution in [0.4, 0.5) is 0 Å². The van der Waals surface area contributed by atoms with Crippen molar-refractivity contribution in [2.45, 2.75) is 18.3 Å². The van der Waals surface area contributed by atoms with Gasteiger partial charge in [0.25, 0.3) is 0 Å². The molecule has 3 atom stereocenters. The van der Waals surface area contributed by atoms with E-state index in [-0.39, 0.29) is 18.1 Å². The zero-order chi connectivity index (χ0) is 22.5. The number of carbonyl (C=O) groups is 1. The molecule has 11 nitrogen and oxygen atoms in total. The van der Waals surface area contributed by atoms with Crippen molar-refractivity contribution >= 4 is 12.0 Å². The van der Waals surface area contributed by atoms with E-state index < -0.39 is 57.3 Å². The molecule has 0 aliphatic heterocycles. The number of hydrogen-bond acceptors (Lipinski definition) is 11. The van der Waals surface area contributed by atoms with Gasteiger partial charge in [-0.2, -0.15) is 0 Å². The number of benzene rings is 1. The molecule has 0 amide bonds. The van der Waals surface area contributed by atoms with Gasteiger partial charge in [-0.3, -0.25) is 0 Å². The summed E-state index contributed by atoms with van der Waals surface area (Å²) in [5.41, 5.74) is 0.400. The van der Waals surface area contributed by atoms with Gasteiger partial charge in [0, 0.05) is 0 Å². The number of carbonyl (C=O) groups excluding carboxylic acids is 1. The van der Waals surface area contributed by atoms with Gasteiger partial charge in [0.05, 0.1) is 26.9 Å². The van der Waals surface area contributed by atoms with Crippen LogP contribution in [0.3, 0.4) is 0 Å². The molecule has 6 N–H and O–H groups in total. The van der Waals surface area contributed by atoms with Crippen molar-refractivity contribution < 1.29 is 54.4 Å². The number of rotatable bonds is 14. The van der Waals surface area contributed by atoms with Crippen LogP contribution in [0.1, 0.15) is 5.56 Å². The van der Waals surface area contributed by atoms with Gasteiger partial charge in [-0.05, 0) is 23.8 Å². The van der Waals surface area contributed by atoms with E-state index in [2.05, 4.69) is 0 Å². The molecule has 0 aliphatic rings. The lowest BCUT2D eigenvalue weighted by Gasteiger charge is -2.15. The number of aliphatic hydroxyl groups is 6. The summed E-state index contributed by atoms with van der Waals surface area (Å²) in [5.74, 6) is -0.748. The molecule has 1 rings (SSSR count). The molecule has 11 heteroatoms. The third-order valence-electron chi connectivity index (χ3n) is 3.59. The van der Waals surface area contributed by atoms with E-state index in [0.717, 1.165) is 0 Å². The molecule has 0 bridgehead atoms. The summed E-state index contributed by atoms with van der Waals surface area (Å²) < 4.78 is 20.7. The minimum Gasteiger partial charge on any atom is -0.493 e. The standard InChI is InChI=1S/C19H28O11/c1-27-16-3-2-12(4-17(16)28-9-13(23)6-20)5-18(29-10-14(24)7-21)19(26)30-11-15(25)8-22/h2-5,13-15,20-25H,6-11H2,1H3. The molecule has 0 radical (unpaired) electrons. The molecule has 0 spiro atoms. The summed E-state index contributed by atoms with van der Waals surface area (Å²) in [6.07, 6.45) is -2.33. The van der Waals surface area contributed by atoms with E-state index in [9.17, 15) is 20.1 Å². The van der Waals surface area contributed by atoms with Crippen molar-refractivity contribution in [2.24, 2.45) is 0 Å². The molecule has 1 aromatic carbocycles. The number of esters is 1. The average Bonchev–Trinajstić information content (AvgIpc) is 2.77. The van der Waals surface area contributed by atoms with Crippen LogP contribution >= 0.6 is 0 Å². The third kappa shape index (κ3) is 8.95. The van der Waals surface area contributed by atoms with Crippen molar-refractivity contribution in [1.82, 2.24) is 0 Å². The first-order chi connectivity index (χ1) is 14.3. The largest absolute Gasteiger partial charge is 0.493 e. The Morgan fingerprint density at radius 3 is 2.03 bits per heavy atom. The molecular formula is C19H28O11. The molecular weight excluding hydrogens is 404 g/mol. The second-order valence-electron chi connectivity index (χ2n) is 6.15. The number of aliphatic hydroxyl groups excluding tert-OH is 6. The second kappa shape index (κ2) is 13.7. The van der Waals surface area contributed by atoms with Gasteiger partial charge in [-0.15, -0.1) is 0 Å². The van der Waals surface area contributed by atoms with E-state index in [1.165, 1.54) is 25.3 Å². The van der Waals surface area contributed by atoms with Crippen molar-refractivity contribution in [2.75, 3.05) is 46.8 Å². The summed E-state index contributed by atoms with van der Waals surface area (Å²) in [6, 6.07) is 4.58. The van der Waals surface area contributed by atoms with Gasteiger partial charge in [-0.25, -0.2) is 4.79 Å². The lowest BCUT2D eigenvalue weighted by Crippen LogP contribution is -2.25. The highest BCUT2D eigenvalue weighted by atomic mass is 16.6. The molecule has 0 saturated carbocycles. The van der Waals surface area contributed by atoms with Gasteiger partial charge < -0.3 is 49.6 Å². The van der Waals surface area contributed by atoms with Gasteiger partial charge in [0.2, 0.25) is 5.76 Å². The molecule has 1 aromatic rings. The molecule has 3 unspecified atom stereocenters. The van der Waals surface area contributed by atoms with E-state index in [1.807, 2.05) is 0 Å². The maximum atomic E-state index is 12.3. The lowest BCUT2D eigenvalue weighted by molar-refractivity contribution is -0.147. The topological polar surface area (TPSA) is 175 Å². The Balaban J connectivity index is 3.08. The summed E-state index contributed by atoms with van der Waals surface area (Å²) in [6.45, 7) is -2.75. The predicted molar refractivity (Wildman–Crippen MR) is 103 cm³/mol. The fourth-order valence-corrected chi connectivity index (χ4v) is 1.98. The molecule has 0 heterocycles. The van der Waals surface area contributed by atoms with Crippen molar-refractivity contribution in [3.63, 3.8) is 0 Å². The highest BCUT2D eigenvalue weighted by Gasteiger charge is 2.18. The van der Waals surface area contributed by atoms with Crippen LogP contribution in [-0.4, -0.2) is 102 Å². The Bertz CT molecular complexity index is 676. The van der Waals surface area contributed by atoms with Gasteiger partial charge >= 0.3 is 5.97 Å². The van der Waals surface area contributed by atoms with Gasteiger partial charge in [-0.1, -0.05) is 6.07 Å². The Kier molecular flexibility index (Phi) is 11.7. The van der Waals surface area contributed by atoms with E-state index in [4.69, 9.17) is 34.3 Å². The Morgan fingerprint density at radius 1 is 0.900 bits per heavy atom. The summed E-state index contributed by atoms with van der Waals surface area (Å²) >= 11 is 0. The normalized spacial score (nSPS) is 14.6. The number of methoxy groups -OCH3 is 1. The fourth-order valence-electron chi connectivity index (χ4n) is 1.98. The molecule has 0 fully saturated rings. The maximum Gasteiger partial charge on any atom is 0.373 e. The van der Waals surface area contributed by atoms with Crippen LogP contribution < -0.4 is 9.47 Å². The van der Waals surface area contributed by atoms with Gasteiger partial charge in [0.15, 0.2) is 11.5 Å². The van der Waals surface area contributed by atoms with Crippen molar-refractivity contribution in [3.05, 3.63) is 29.5 Å². The molecule has 30 heavy (non-hydrogen) atoms. The minimum absolute atomic E-state index is 0.201. The smallest absolute Gasteiger partial charge is 0.373 e. The highest BCUT2D eigenvalue weighted by Crippen LogP contribution is 2.29. The first-order valence-electron chi connectivity index (χ1n) is 9.03. The quantitative estimate of drug-likeness (QED) is 0.109. The minimum atomic E-state index is -1.27. The third-order valence-corrected chi connectivity index (χ3v) is 3.59. The van der Waals surface area contributed by atoms with E-state index in [1.54, 1.807) is 6.07 Å². The Morgan fingerprint density at radius 2 is 1.47 bits per heavy atom. The summed E-state index contributed by atoms with van der Waals surface area (Å²) in [7, 11) is 1.41. The highest BCUT2D eigenvalue weighted by molar-refractivity contribution is 5.91. The maximum absolute atomic E-state index is 12.3. The fraction of sp³-hybridized carbons (Fsp3) is 0.526. The SMILES string of the molecule is COc1ccc(C=C(OCC(O)CO)C(=O)OCC(O)CO)cc1OCC(O)CO. The number of ether oxygens (including phenoxy) is 4. The van der Waals surface area contributed by atoms with Crippen LogP contribution in [0.15, 0.2) is 24.0 Å². The van der Waals surface area contributed by atoms with Crippen LogP contribution in [0.25, 0.3) is 6.08 Å². The average molecular weight is 432 g/mol. The predicted octanol–water partition coefficient (Wildman–Crippen LogP) is -1.97. The van der Waals surface area contributed by atoms with E-state index >= 15 is 0 Å².